The maximum atomic E-state index is 14.3. The van der Waals surface area contributed by atoms with Crippen LogP contribution in [0.4, 0.5) is 4.39 Å². The minimum atomic E-state index is -0.501. The van der Waals surface area contributed by atoms with E-state index in [-0.39, 0.29) is 30.4 Å². The Labute approximate surface area is 170 Å². The number of ether oxygens (including phenoxy) is 3. The van der Waals surface area contributed by atoms with Crippen molar-refractivity contribution >= 4 is 0 Å². The molecule has 0 spiro atoms. The monoisotopic (exact) mass is 402 g/mol. The van der Waals surface area contributed by atoms with Gasteiger partial charge in [-0.3, -0.25) is 0 Å². The smallest absolute Gasteiger partial charge is 0.165 e. The molecule has 4 rings (SSSR count). The second kappa shape index (κ2) is 8.69. The minimum absolute atomic E-state index is 0.111. The third kappa shape index (κ3) is 4.39. The first kappa shape index (κ1) is 20.1. The van der Waals surface area contributed by atoms with Crippen LogP contribution in [-0.2, 0) is 17.6 Å². The minimum Gasteiger partial charge on any atom is -0.493 e. The van der Waals surface area contributed by atoms with Crippen LogP contribution in [0.15, 0.2) is 30.3 Å². The van der Waals surface area contributed by atoms with Crippen molar-refractivity contribution in [3.05, 3.63) is 58.4 Å². The molecule has 6 heteroatoms. The standard InChI is InChI=1S/C23H27FO5/c1-2-27-21-4-3-14(8-20(21)24)7-17-10-16(9-15-5-6-28-23(15)17)22-12-18(26)11-19(13-25)29-22/h3-4,8-10,18-19,22,25-26H,2,5-7,11-13H2,1H3. The molecule has 0 bridgehead atoms. The number of aliphatic hydroxyl groups is 2. The molecule has 2 aliphatic rings. The summed E-state index contributed by atoms with van der Waals surface area (Å²) in [6.07, 6.45) is 1.13. The quantitative estimate of drug-likeness (QED) is 0.776. The van der Waals surface area contributed by atoms with Crippen molar-refractivity contribution in [2.24, 2.45) is 0 Å². The van der Waals surface area contributed by atoms with Crippen molar-refractivity contribution in [1.82, 2.24) is 0 Å². The molecular formula is C23H27FO5. The van der Waals surface area contributed by atoms with E-state index in [2.05, 4.69) is 6.07 Å². The fourth-order valence-electron chi connectivity index (χ4n) is 4.20. The van der Waals surface area contributed by atoms with E-state index in [1.807, 2.05) is 19.1 Å². The summed E-state index contributed by atoms with van der Waals surface area (Å²) in [5.41, 5.74) is 3.88. The molecule has 156 valence electrons. The average molecular weight is 402 g/mol. The molecule has 2 heterocycles. The molecule has 0 saturated carbocycles. The van der Waals surface area contributed by atoms with Gasteiger partial charge in [0.15, 0.2) is 11.6 Å². The van der Waals surface area contributed by atoms with E-state index in [0.29, 0.717) is 32.5 Å². The molecule has 0 amide bonds. The Morgan fingerprint density at radius 2 is 2.07 bits per heavy atom. The third-order valence-corrected chi connectivity index (χ3v) is 5.53. The molecule has 1 fully saturated rings. The van der Waals surface area contributed by atoms with Gasteiger partial charge in [0.1, 0.15) is 5.75 Å². The summed E-state index contributed by atoms with van der Waals surface area (Å²) in [5.74, 6) is 0.742. The van der Waals surface area contributed by atoms with E-state index in [1.54, 1.807) is 6.07 Å². The van der Waals surface area contributed by atoms with Gasteiger partial charge in [0, 0.05) is 25.7 Å². The Bertz CT molecular complexity index is 869. The van der Waals surface area contributed by atoms with Crippen molar-refractivity contribution in [1.29, 1.82) is 0 Å². The predicted octanol–water partition coefficient (Wildman–Crippen LogP) is 3.32. The number of benzene rings is 2. The summed E-state index contributed by atoms with van der Waals surface area (Å²) in [4.78, 5) is 0. The van der Waals surface area contributed by atoms with E-state index >= 15 is 0 Å². The number of rotatable bonds is 6. The van der Waals surface area contributed by atoms with Crippen LogP contribution in [0.25, 0.3) is 0 Å². The number of hydrogen-bond acceptors (Lipinski definition) is 5. The first-order chi connectivity index (χ1) is 14.1. The van der Waals surface area contributed by atoms with E-state index < -0.39 is 6.10 Å². The third-order valence-electron chi connectivity index (χ3n) is 5.53. The summed E-state index contributed by atoms with van der Waals surface area (Å²) in [6.45, 7) is 2.75. The molecular weight excluding hydrogens is 375 g/mol. The molecule has 2 aliphatic heterocycles. The van der Waals surface area contributed by atoms with Gasteiger partial charge in [0.05, 0.1) is 38.1 Å². The Hall–Kier alpha value is -2.15. The van der Waals surface area contributed by atoms with E-state index in [9.17, 15) is 14.6 Å². The highest BCUT2D eigenvalue weighted by Gasteiger charge is 2.30. The highest BCUT2D eigenvalue weighted by atomic mass is 19.1. The van der Waals surface area contributed by atoms with Crippen LogP contribution in [0, 0.1) is 5.82 Å². The fourth-order valence-corrected chi connectivity index (χ4v) is 4.20. The van der Waals surface area contributed by atoms with Gasteiger partial charge in [-0.1, -0.05) is 6.07 Å². The molecule has 0 aromatic heterocycles. The Kier molecular flexibility index (Phi) is 6.04. The maximum Gasteiger partial charge on any atom is 0.165 e. The summed E-state index contributed by atoms with van der Waals surface area (Å²) in [6, 6.07) is 9.12. The van der Waals surface area contributed by atoms with E-state index in [0.717, 1.165) is 34.4 Å². The van der Waals surface area contributed by atoms with Crippen molar-refractivity contribution in [3.8, 4) is 11.5 Å². The number of halogens is 1. The zero-order valence-corrected chi connectivity index (χ0v) is 16.6. The first-order valence-corrected chi connectivity index (χ1v) is 10.2. The zero-order chi connectivity index (χ0) is 20.4. The fraction of sp³-hybridized carbons (Fsp3) is 0.478. The van der Waals surface area contributed by atoms with Crippen molar-refractivity contribution in [2.75, 3.05) is 19.8 Å². The molecule has 1 saturated heterocycles. The Morgan fingerprint density at radius 1 is 1.21 bits per heavy atom. The number of hydrogen-bond donors (Lipinski definition) is 2. The van der Waals surface area contributed by atoms with Gasteiger partial charge in [0.2, 0.25) is 0 Å². The van der Waals surface area contributed by atoms with Crippen LogP contribution in [0.3, 0.4) is 0 Å². The van der Waals surface area contributed by atoms with Crippen molar-refractivity contribution < 1.29 is 28.8 Å². The topological polar surface area (TPSA) is 68.2 Å². The van der Waals surface area contributed by atoms with Crippen LogP contribution >= 0.6 is 0 Å². The van der Waals surface area contributed by atoms with Gasteiger partial charge in [-0.25, -0.2) is 4.39 Å². The number of aliphatic hydroxyl groups excluding tert-OH is 2. The predicted molar refractivity (Wildman–Crippen MR) is 106 cm³/mol. The maximum absolute atomic E-state index is 14.3. The summed E-state index contributed by atoms with van der Waals surface area (Å²) in [5, 5.41) is 19.6. The van der Waals surface area contributed by atoms with Crippen LogP contribution in [0.1, 0.15) is 48.1 Å². The van der Waals surface area contributed by atoms with Gasteiger partial charge in [-0.15, -0.1) is 0 Å². The molecule has 29 heavy (non-hydrogen) atoms. The van der Waals surface area contributed by atoms with Crippen molar-refractivity contribution in [3.63, 3.8) is 0 Å². The molecule has 3 unspecified atom stereocenters. The van der Waals surface area contributed by atoms with Crippen LogP contribution in [-0.4, -0.2) is 42.2 Å². The second-order valence-corrected chi connectivity index (χ2v) is 7.70. The lowest BCUT2D eigenvalue weighted by molar-refractivity contribution is -0.113. The van der Waals surface area contributed by atoms with Gasteiger partial charge in [-0.2, -0.15) is 0 Å². The lowest BCUT2D eigenvalue weighted by Crippen LogP contribution is -2.33. The Morgan fingerprint density at radius 3 is 2.83 bits per heavy atom. The molecule has 2 aromatic carbocycles. The number of fused-ring (bicyclic) bond motifs is 1. The molecule has 2 aromatic rings. The zero-order valence-electron chi connectivity index (χ0n) is 16.6. The molecule has 3 atom stereocenters. The lowest BCUT2D eigenvalue weighted by atomic mass is 9.91. The van der Waals surface area contributed by atoms with Gasteiger partial charge < -0.3 is 24.4 Å². The van der Waals surface area contributed by atoms with Gasteiger partial charge >= 0.3 is 0 Å². The average Bonchev–Trinajstić information content (AvgIpc) is 3.18. The molecule has 5 nitrogen and oxygen atoms in total. The van der Waals surface area contributed by atoms with Crippen LogP contribution < -0.4 is 9.47 Å². The largest absolute Gasteiger partial charge is 0.493 e. The highest BCUT2D eigenvalue weighted by molar-refractivity contribution is 5.49. The second-order valence-electron chi connectivity index (χ2n) is 7.70. The first-order valence-electron chi connectivity index (χ1n) is 10.2. The highest BCUT2D eigenvalue weighted by Crippen LogP contribution is 2.38. The normalized spacial score (nSPS) is 23.5. The molecule has 0 aliphatic carbocycles. The van der Waals surface area contributed by atoms with Crippen LogP contribution in [0.2, 0.25) is 0 Å². The lowest BCUT2D eigenvalue weighted by Gasteiger charge is -2.33. The van der Waals surface area contributed by atoms with Crippen molar-refractivity contribution in [2.45, 2.75) is 50.9 Å². The SMILES string of the molecule is CCOc1ccc(Cc2cc(C3CC(O)CC(CO)O3)cc3c2OCC3)cc1F. The van der Waals surface area contributed by atoms with Crippen LogP contribution in [0.5, 0.6) is 11.5 Å². The Balaban J connectivity index is 1.63. The van der Waals surface area contributed by atoms with Gasteiger partial charge in [0.25, 0.3) is 0 Å². The molecule has 2 N–H and O–H groups in total. The summed E-state index contributed by atoms with van der Waals surface area (Å²) >= 11 is 0. The summed E-state index contributed by atoms with van der Waals surface area (Å²) in [7, 11) is 0. The van der Waals surface area contributed by atoms with Gasteiger partial charge in [-0.05, 0) is 53.4 Å². The summed E-state index contributed by atoms with van der Waals surface area (Å²) < 4.78 is 31.4. The van der Waals surface area contributed by atoms with E-state index in [1.165, 1.54) is 6.07 Å². The van der Waals surface area contributed by atoms with E-state index in [4.69, 9.17) is 14.2 Å². The molecule has 0 radical (unpaired) electrons.